The Morgan fingerprint density at radius 1 is 1.23 bits per heavy atom. The van der Waals surface area contributed by atoms with Gasteiger partial charge in [0.2, 0.25) is 0 Å². The number of anilines is 1. The van der Waals surface area contributed by atoms with Gasteiger partial charge in [-0.15, -0.1) is 0 Å². The van der Waals surface area contributed by atoms with E-state index in [-0.39, 0.29) is 53.0 Å². The summed E-state index contributed by atoms with van der Waals surface area (Å²) in [5, 5.41) is -0.00869. The Morgan fingerprint density at radius 3 is 2.47 bits per heavy atom. The molecule has 2 heterocycles. The van der Waals surface area contributed by atoms with Gasteiger partial charge < -0.3 is 9.33 Å². The van der Waals surface area contributed by atoms with Crippen molar-refractivity contribution in [2.75, 3.05) is 18.0 Å². The van der Waals surface area contributed by atoms with Crippen molar-refractivity contribution in [3.63, 3.8) is 0 Å². The fraction of sp³-hybridized carbons (Fsp3) is 0.455. The van der Waals surface area contributed by atoms with Crippen LogP contribution in [0.4, 0.5) is 19.0 Å². The topological polar surface area (TPSA) is 42.4 Å². The summed E-state index contributed by atoms with van der Waals surface area (Å²) >= 11 is 0. The highest BCUT2D eigenvalue weighted by Crippen LogP contribution is 2.38. The monoisotopic (exact) mass is 436 g/mol. The average Bonchev–Trinajstić information content (AvgIpc) is 2.63. The number of halogens is 3. The first-order chi connectivity index (χ1) is 13.9. The van der Waals surface area contributed by atoms with Gasteiger partial charge in [-0.05, 0) is 24.2 Å². The molecule has 2 aromatic rings. The second-order valence-corrected chi connectivity index (χ2v) is 14.0. The lowest BCUT2D eigenvalue weighted by molar-refractivity contribution is -0.119. The first-order valence-electron chi connectivity index (χ1n) is 9.87. The number of nitrogens with zero attached hydrogens (tertiary/aromatic N) is 2. The van der Waals surface area contributed by atoms with Crippen molar-refractivity contribution in [1.29, 1.82) is 0 Å². The molecule has 0 amide bonds. The SMILES string of the molecule is CC(C)(C)[Si](C)(C)OCc1cccc(-c2cnc(N3CC(=O)C3)c(C(F)F)c2)c1F. The van der Waals surface area contributed by atoms with Crippen molar-refractivity contribution >= 4 is 19.9 Å². The smallest absolute Gasteiger partial charge is 0.267 e. The highest BCUT2D eigenvalue weighted by Gasteiger charge is 2.37. The zero-order chi connectivity index (χ0) is 22.3. The molecule has 8 heteroatoms. The number of rotatable bonds is 6. The van der Waals surface area contributed by atoms with Crippen molar-refractivity contribution in [2.24, 2.45) is 0 Å². The molecule has 1 aromatic heterocycles. The Kier molecular flexibility index (Phi) is 6.11. The minimum Gasteiger partial charge on any atom is -0.412 e. The van der Waals surface area contributed by atoms with Gasteiger partial charge in [-0.2, -0.15) is 0 Å². The maximum absolute atomic E-state index is 15.2. The van der Waals surface area contributed by atoms with Crippen LogP contribution in [0.2, 0.25) is 18.1 Å². The van der Waals surface area contributed by atoms with Crippen molar-refractivity contribution < 1.29 is 22.4 Å². The van der Waals surface area contributed by atoms with E-state index in [2.05, 4.69) is 38.8 Å². The Balaban J connectivity index is 1.90. The molecule has 1 aromatic carbocycles. The van der Waals surface area contributed by atoms with E-state index in [9.17, 15) is 13.6 Å². The number of benzene rings is 1. The van der Waals surface area contributed by atoms with Crippen LogP contribution in [0.3, 0.4) is 0 Å². The third-order valence-electron chi connectivity index (χ3n) is 5.95. The largest absolute Gasteiger partial charge is 0.412 e. The Morgan fingerprint density at radius 2 is 1.90 bits per heavy atom. The average molecular weight is 437 g/mol. The van der Waals surface area contributed by atoms with Crippen LogP contribution in [0.5, 0.6) is 0 Å². The zero-order valence-electron chi connectivity index (χ0n) is 17.9. The van der Waals surface area contributed by atoms with Crippen LogP contribution in [-0.4, -0.2) is 32.2 Å². The molecule has 1 aliphatic heterocycles. The molecule has 162 valence electrons. The molecule has 0 N–H and O–H groups in total. The fourth-order valence-electron chi connectivity index (χ4n) is 2.96. The quantitative estimate of drug-likeness (QED) is 0.542. The van der Waals surface area contributed by atoms with Gasteiger partial charge in [0.05, 0.1) is 25.3 Å². The van der Waals surface area contributed by atoms with E-state index >= 15 is 4.39 Å². The maximum Gasteiger partial charge on any atom is 0.267 e. The number of hydrogen-bond donors (Lipinski definition) is 0. The molecular weight excluding hydrogens is 409 g/mol. The first-order valence-corrected chi connectivity index (χ1v) is 12.8. The van der Waals surface area contributed by atoms with Crippen molar-refractivity contribution in [2.45, 2.75) is 51.9 Å². The van der Waals surface area contributed by atoms with E-state index in [4.69, 9.17) is 4.43 Å². The molecule has 4 nitrogen and oxygen atoms in total. The summed E-state index contributed by atoms with van der Waals surface area (Å²) in [6.45, 7) is 10.8. The summed E-state index contributed by atoms with van der Waals surface area (Å²) in [7, 11) is -2.07. The van der Waals surface area contributed by atoms with Crippen LogP contribution >= 0.6 is 0 Å². The van der Waals surface area contributed by atoms with Gasteiger partial charge in [-0.1, -0.05) is 39.0 Å². The highest BCUT2D eigenvalue weighted by molar-refractivity contribution is 6.74. The van der Waals surface area contributed by atoms with E-state index in [0.29, 0.717) is 5.56 Å². The van der Waals surface area contributed by atoms with E-state index in [0.717, 1.165) is 0 Å². The normalized spacial score (nSPS) is 15.0. The molecule has 0 atom stereocenters. The number of Topliss-reactive ketones (excluding diaryl/α,β-unsaturated/α-hetero) is 1. The van der Waals surface area contributed by atoms with Crippen LogP contribution in [-0.2, 0) is 15.8 Å². The molecule has 0 bridgehead atoms. The molecular formula is C22H27F3N2O2Si. The summed E-state index contributed by atoms with van der Waals surface area (Å²) in [4.78, 5) is 16.8. The molecule has 0 unspecified atom stereocenters. The van der Waals surface area contributed by atoms with E-state index in [1.807, 2.05) is 0 Å². The van der Waals surface area contributed by atoms with Crippen LogP contribution in [0.15, 0.2) is 30.5 Å². The first kappa shape index (κ1) is 22.5. The number of hydrogen-bond acceptors (Lipinski definition) is 4. The third-order valence-corrected chi connectivity index (χ3v) is 10.4. The van der Waals surface area contributed by atoms with Gasteiger partial charge >= 0.3 is 0 Å². The predicted molar refractivity (Wildman–Crippen MR) is 114 cm³/mol. The van der Waals surface area contributed by atoms with Crippen molar-refractivity contribution in [3.8, 4) is 11.1 Å². The number of ketones is 1. The summed E-state index contributed by atoms with van der Waals surface area (Å²) in [5.74, 6) is -0.446. The summed E-state index contributed by atoms with van der Waals surface area (Å²) < 4.78 is 48.6. The van der Waals surface area contributed by atoms with Gasteiger partial charge in [-0.25, -0.2) is 18.2 Å². The maximum atomic E-state index is 15.2. The van der Waals surface area contributed by atoms with Crippen LogP contribution in [0.1, 0.15) is 38.3 Å². The summed E-state index contributed by atoms with van der Waals surface area (Å²) in [5.41, 5.74) is 0.551. The number of pyridine rings is 1. The summed E-state index contributed by atoms with van der Waals surface area (Å²) in [6, 6.07) is 6.14. The molecule has 30 heavy (non-hydrogen) atoms. The standard InChI is InChI=1S/C22H27F3N2O2Si/c1-22(2,3)30(4,5)29-13-14-7-6-8-17(19(14)23)15-9-18(20(24)25)21(26-10-15)27-11-16(28)12-27/h6-10,20H,11-13H2,1-5H3. The molecule has 0 radical (unpaired) electrons. The van der Waals surface area contributed by atoms with Gasteiger partial charge in [0.25, 0.3) is 6.43 Å². The van der Waals surface area contributed by atoms with E-state index in [1.54, 1.807) is 18.2 Å². The van der Waals surface area contributed by atoms with E-state index in [1.165, 1.54) is 17.2 Å². The van der Waals surface area contributed by atoms with Crippen LogP contribution < -0.4 is 4.90 Å². The number of carbonyl (C=O) groups is 1. The molecule has 0 saturated carbocycles. The van der Waals surface area contributed by atoms with Crippen LogP contribution in [0.25, 0.3) is 11.1 Å². The molecule has 3 rings (SSSR count). The predicted octanol–water partition coefficient (Wildman–Crippen LogP) is 5.74. The van der Waals surface area contributed by atoms with Crippen molar-refractivity contribution in [1.82, 2.24) is 4.98 Å². The van der Waals surface area contributed by atoms with E-state index < -0.39 is 20.6 Å². The Bertz CT molecular complexity index is 950. The molecule has 0 spiro atoms. The minimum absolute atomic E-state index is 0.00869. The number of alkyl halides is 2. The number of aromatic nitrogens is 1. The van der Waals surface area contributed by atoms with Gasteiger partial charge in [0, 0.05) is 22.9 Å². The zero-order valence-corrected chi connectivity index (χ0v) is 18.9. The van der Waals surface area contributed by atoms with Crippen molar-refractivity contribution in [3.05, 3.63) is 47.4 Å². The second-order valence-electron chi connectivity index (χ2n) is 9.16. The van der Waals surface area contributed by atoms with Gasteiger partial charge in [0.1, 0.15) is 11.6 Å². The molecule has 1 aliphatic rings. The van der Waals surface area contributed by atoms with Gasteiger partial charge in [0.15, 0.2) is 14.1 Å². The molecule has 0 aliphatic carbocycles. The third kappa shape index (κ3) is 4.44. The Labute approximate surface area is 176 Å². The Hall–Kier alpha value is -2.19. The minimum atomic E-state index is -2.78. The lowest BCUT2D eigenvalue weighted by atomic mass is 10.0. The lowest BCUT2D eigenvalue weighted by Gasteiger charge is -2.36. The fourth-order valence-corrected chi connectivity index (χ4v) is 3.91. The number of carbonyl (C=O) groups excluding carboxylic acids is 1. The van der Waals surface area contributed by atoms with Crippen LogP contribution in [0, 0.1) is 5.82 Å². The lowest BCUT2D eigenvalue weighted by Crippen LogP contribution is -2.48. The summed E-state index contributed by atoms with van der Waals surface area (Å²) in [6.07, 6.45) is -1.41. The highest BCUT2D eigenvalue weighted by atomic mass is 28.4. The molecule has 1 fully saturated rings. The second kappa shape index (κ2) is 8.15. The van der Waals surface area contributed by atoms with Gasteiger partial charge in [-0.3, -0.25) is 4.79 Å². The molecule has 1 saturated heterocycles.